The Morgan fingerprint density at radius 2 is 1.82 bits per heavy atom. The maximum atomic E-state index is 13.1. The van der Waals surface area contributed by atoms with Crippen molar-refractivity contribution in [1.82, 2.24) is 4.98 Å². The minimum Gasteiger partial charge on any atom is -0.320 e. The Morgan fingerprint density at radius 3 is 2.68 bits per heavy atom. The molecule has 0 fully saturated rings. The van der Waals surface area contributed by atoms with Gasteiger partial charge < -0.3 is 10.2 Å². The lowest BCUT2D eigenvalue weighted by molar-refractivity contribution is 0.0985. The van der Waals surface area contributed by atoms with Crippen LogP contribution in [0.2, 0.25) is 0 Å². The topological polar surface area (TPSA) is 62.3 Å². The molecular formula is C23H21N3O2. The van der Waals surface area contributed by atoms with E-state index >= 15 is 0 Å². The van der Waals surface area contributed by atoms with Crippen LogP contribution >= 0.6 is 0 Å². The van der Waals surface area contributed by atoms with Crippen molar-refractivity contribution in [2.24, 2.45) is 0 Å². The van der Waals surface area contributed by atoms with Gasteiger partial charge in [-0.2, -0.15) is 0 Å². The fraction of sp³-hybridized carbons (Fsp3) is 0.174. The quantitative estimate of drug-likeness (QED) is 0.749. The predicted octanol–water partition coefficient (Wildman–Crippen LogP) is 4.24. The fourth-order valence-corrected chi connectivity index (χ4v) is 3.49. The Labute approximate surface area is 164 Å². The monoisotopic (exact) mass is 371 g/mol. The van der Waals surface area contributed by atoms with E-state index in [9.17, 15) is 9.59 Å². The largest absolute Gasteiger partial charge is 0.320 e. The lowest BCUT2D eigenvalue weighted by atomic mass is 10.0. The maximum Gasteiger partial charge on any atom is 0.274 e. The summed E-state index contributed by atoms with van der Waals surface area (Å²) in [5.41, 5.74) is 4.50. The van der Waals surface area contributed by atoms with Gasteiger partial charge >= 0.3 is 0 Å². The van der Waals surface area contributed by atoms with Gasteiger partial charge in [0.05, 0.1) is 0 Å². The number of aromatic nitrogens is 1. The van der Waals surface area contributed by atoms with Crippen LogP contribution in [-0.4, -0.2) is 23.3 Å². The number of hydrogen-bond donors (Lipinski definition) is 1. The number of nitrogens with one attached hydrogen (secondary N) is 1. The minimum absolute atomic E-state index is 0.112. The van der Waals surface area contributed by atoms with Crippen LogP contribution in [0.25, 0.3) is 0 Å². The van der Waals surface area contributed by atoms with Crippen LogP contribution in [0.4, 0.5) is 11.4 Å². The fourth-order valence-electron chi connectivity index (χ4n) is 3.49. The van der Waals surface area contributed by atoms with Crippen LogP contribution in [-0.2, 0) is 6.42 Å². The zero-order valence-corrected chi connectivity index (χ0v) is 15.7. The molecule has 0 saturated heterocycles. The van der Waals surface area contributed by atoms with E-state index in [0.29, 0.717) is 12.1 Å². The highest BCUT2D eigenvalue weighted by Crippen LogP contribution is 2.28. The SMILES string of the molecule is Cc1ccccc1NC(=O)c1cc(C(=O)N2CCCc3ccccc32)ccn1. The molecule has 1 N–H and O–H groups in total. The molecule has 3 aromatic rings. The third-order valence-corrected chi connectivity index (χ3v) is 4.99. The molecule has 5 heteroatoms. The Morgan fingerprint density at radius 1 is 1.04 bits per heavy atom. The van der Waals surface area contributed by atoms with E-state index < -0.39 is 0 Å². The van der Waals surface area contributed by atoms with Gasteiger partial charge in [-0.25, -0.2) is 0 Å². The van der Waals surface area contributed by atoms with Crippen molar-refractivity contribution in [3.8, 4) is 0 Å². The van der Waals surface area contributed by atoms with Gasteiger partial charge in [0, 0.05) is 29.7 Å². The number of carbonyl (C=O) groups excluding carboxylic acids is 2. The average molecular weight is 371 g/mol. The molecule has 28 heavy (non-hydrogen) atoms. The lowest BCUT2D eigenvalue weighted by Gasteiger charge is -2.29. The Bertz CT molecular complexity index is 1050. The van der Waals surface area contributed by atoms with Crippen molar-refractivity contribution in [3.63, 3.8) is 0 Å². The molecule has 4 rings (SSSR count). The van der Waals surface area contributed by atoms with Crippen LogP contribution in [0.1, 0.15) is 38.4 Å². The van der Waals surface area contributed by atoms with Gasteiger partial charge in [0.2, 0.25) is 0 Å². The molecule has 2 aromatic carbocycles. The molecule has 1 aliphatic rings. The van der Waals surface area contributed by atoms with Gasteiger partial charge in [-0.15, -0.1) is 0 Å². The van der Waals surface area contributed by atoms with Crippen molar-refractivity contribution in [3.05, 3.63) is 89.2 Å². The van der Waals surface area contributed by atoms with Crippen molar-refractivity contribution in [2.75, 3.05) is 16.8 Å². The molecule has 0 atom stereocenters. The summed E-state index contributed by atoms with van der Waals surface area (Å²) in [5, 5.41) is 2.86. The van der Waals surface area contributed by atoms with Crippen molar-refractivity contribution in [2.45, 2.75) is 19.8 Å². The number of amides is 2. The molecule has 0 saturated carbocycles. The maximum absolute atomic E-state index is 13.1. The first-order valence-electron chi connectivity index (χ1n) is 9.36. The molecule has 0 aliphatic carbocycles. The molecule has 1 aromatic heterocycles. The number of carbonyl (C=O) groups is 2. The summed E-state index contributed by atoms with van der Waals surface area (Å²) >= 11 is 0. The summed E-state index contributed by atoms with van der Waals surface area (Å²) in [6.45, 7) is 2.60. The Balaban J connectivity index is 1.58. The second kappa shape index (κ2) is 7.64. The molecule has 140 valence electrons. The minimum atomic E-state index is -0.331. The van der Waals surface area contributed by atoms with Crippen LogP contribution in [0.3, 0.4) is 0 Å². The van der Waals surface area contributed by atoms with Gasteiger partial charge in [0.1, 0.15) is 5.69 Å². The van der Waals surface area contributed by atoms with E-state index in [0.717, 1.165) is 29.8 Å². The third kappa shape index (κ3) is 3.51. The van der Waals surface area contributed by atoms with Crippen LogP contribution in [0.15, 0.2) is 66.9 Å². The molecule has 5 nitrogen and oxygen atoms in total. The van der Waals surface area contributed by atoms with Gasteiger partial charge in [-0.3, -0.25) is 14.6 Å². The van der Waals surface area contributed by atoms with E-state index in [1.165, 1.54) is 11.8 Å². The number of pyridine rings is 1. The van der Waals surface area contributed by atoms with E-state index in [1.54, 1.807) is 17.0 Å². The van der Waals surface area contributed by atoms with Gasteiger partial charge in [0.15, 0.2) is 0 Å². The summed E-state index contributed by atoms with van der Waals surface area (Å²) in [5.74, 6) is -0.442. The third-order valence-electron chi connectivity index (χ3n) is 4.99. The van der Waals surface area contributed by atoms with Crippen molar-refractivity contribution < 1.29 is 9.59 Å². The first kappa shape index (κ1) is 17.9. The number of benzene rings is 2. The second-order valence-electron chi connectivity index (χ2n) is 6.89. The summed E-state index contributed by atoms with van der Waals surface area (Å²) in [4.78, 5) is 31.7. The highest BCUT2D eigenvalue weighted by atomic mass is 16.2. The molecule has 0 unspecified atom stereocenters. The molecular weight excluding hydrogens is 350 g/mol. The zero-order chi connectivity index (χ0) is 19.5. The van der Waals surface area contributed by atoms with E-state index in [1.807, 2.05) is 49.4 Å². The summed E-state index contributed by atoms with van der Waals surface area (Å²) in [6, 6.07) is 18.7. The molecule has 0 spiro atoms. The van der Waals surface area contributed by atoms with Gasteiger partial charge in [-0.05, 0) is 55.2 Å². The highest BCUT2D eigenvalue weighted by Gasteiger charge is 2.24. The summed E-state index contributed by atoms with van der Waals surface area (Å²) in [7, 11) is 0. The van der Waals surface area contributed by atoms with E-state index in [4.69, 9.17) is 0 Å². The normalized spacial score (nSPS) is 13.0. The van der Waals surface area contributed by atoms with Crippen LogP contribution in [0.5, 0.6) is 0 Å². The summed E-state index contributed by atoms with van der Waals surface area (Å²) < 4.78 is 0. The summed E-state index contributed by atoms with van der Waals surface area (Å²) in [6.07, 6.45) is 3.41. The highest BCUT2D eigenvalue weighted by molar-refractivity contribution is 6.09. The Hall–Kier alpha value is -3.47. The average Bonchev–Trinajstić information content (AvgIpc) is 2.74. The van der Waals surface area contributed by atoms with Crippen molar-refractivity contribution in [1.29, 1.82) is 0 Å². The Kier molecular flexibility index (Phi) is 4.89. The standard InChI is InChI=1S/C23H21N3O2/c1-16-7-2-4-10-19(16)25-22(27)20-15-18(12-13-24-20)23(28)26-14-6-9-17-8-3-5-11-21(17)26/h2-5,7-8,10-13,15H,6,9,14H2,1H3,(H,25,27). The van der Waals surface area contributed by atoms with E-state index in [-0.39, 0.29) is 17.5 Å². The van der Waals surface area contributed by atoms with Crippen molar-refractivity contribution >= 4 is 23.2 Å². The first-order chi connectivity index (χ1) is 13.6. The number of para-hydroxylation sites is 2. The second-order valence-corrected chi connectivity index (χ2v) is 6.89. The predicted molar refractivity (Wildman–Crippen MR) is 110 cm³/mol. The van der Waals surface area contributed by atoms with Crippen LogP contribution < -0.4 is 10.2 Å². The molecule has 1 aliphatic heterocycles. The first-order valence-corrected chi connectivity index (χ1v) is 9.36. The lowest BCUT2D eigenvalue weighted by Crippen LogP contribution is -2.35. The molecule has 2 amide bonds. The zero-order valence-electron chi connectivity index (χ0n) is 15.7. The molecule has 0 radical (unpaired) electrons. The number of fused-ring (bicyclic) bond motifs is 1. The van der Waals surface area contributed by atoms with Gasteiger partial charge in [0.25, 0.3) is 11.8 Å². The molecule has 2 heterocycles. The molecule has 0 bridgehead atoms. The van der Waals surface area contributed by atoms with Crippen LogP contribution in [0, 0.1) is 6.92 Å². The van der Waals surface area contributed by atoms with Gasteiger partial charge in [-0.1, -0.05) is 36.4 Å². The van der Waals surface area contributed by atoms with E-state index in [2.05, 4.69) is 16.4 Å². The smallest absolute Gasteiger partial charge is 0.274 e. The number of hydrogen-bond acceptors (Lipinski definition) is 3. The number of aryl methyl sites for hydroxylation is 2. The number of rotatable bonds is 3. The number of nitrogens with zero attached hydrogens (tertiary/aromatic N) is 2. The number of anilines is 2.